The summed E-state index contributed by atoms with van der Waals surface area (Å²) >= 11 is 0. The number of fused-ring (bicyclic) bond motifs is 1. The Morgan fingerprint density at radius 3 is 2.86 bits per heavy atom. The lowest BCUT2D eigenvalue weighted by molar-refractivity contribution is -0.00905. The van der Waals surface area contributed by atoms with E-state index in [2.05, 4.69) is 29.0 Å². The number of hydrogen-bond donors (Lipinski definition) is 1. The molecule has 0 radical (unpaired) electrons. The Bertz CT molecular complexity index is 503. The lowest BCUT2D eigenvalue weighted by atomic mass is 9.90. The summed E-state index contributed by atoms with van der Waals surface area (Å²) in [7, 11) is 1.93. The summed E-state index contributed by atoms with van der Waals surface area (Å²) < 4.78 is 5.99. The first-order valence-electron chi connectivity index (χ1n) is 8.18. The van der Waals surface area contributed by atoms with E-state index in [0.717, 1.165) is 42.6 Å². The zero-order valence-corrected chi connectivity index (χ0v) is 13.4. The van der Waals surface area contributed by atoms with Crippen molar-refractivity contribution in [1.29, 1.82) is 0 Å². The molecule has 3 rings (SSSR count). The number of nitrogens with one attached hydrogen (secondary N) is 1. The van der Waals surface area contributed by atoms with Gasteiger partial charge >= 0.3 is 0 Å². The maximum Gasteiger partial charge on any atom is 0.137 e. The normalized spacial score (nSPS) is 25.6. The number of aromatic nitrogens is 2. The zero-order chi connectivity index (χ0) is 14.8. The minimum absolute atomic E-state index is 0.380. The van der Waals surface area contributed by atoms with Crippen LogP contribution in [0.2, 0.25) is 0 Å². The van der Waals surface area contributed by atoms with Gasteiger partial charge in [0.25, 0.3) is 0 Å². The molecule has 2 aliphatic rings. The molecule has 1 aliphatic carbocycles. The van der Waals surface area contributed by atoms with E-state index in [0.29, 0.717) is 12.1 Å². The monoisotopic (exact) mass is 290 g/mol. The maximum atomic E-state index is 5.99. The number of morpholine rings is 1. The van der Waals surface area contributed by atoms with Gasteiger partial charge in [0.1, 0.15) is 17.5 Å². The lowest BCUT2D eigenvalue weighted by Gasteiger charge is -2.45. The molecule has 0 bridgehead atoms. The zero-order valence-electron chi connectivity index (χ0n) is 13.4. The number of aryl methyl sites for hydroxylation is 1. The summed E-state index contributed by atoms with van der Waals surface area (Å²) in [4.78, 5) is 11.9. The Labute approximate surface area is 127 Å². The smallest absolute Gasteiger partial charge is 0.137 e. The molecule has 5 nitrogen and oxygen atoms in total. The van der Waals surface area contributed by atoms with Crippen molar-refractivity contribution in [2.45, 2.75) is 58.1 Å². The van der Waals surface area contributed by atoms with Crippen molar-refractivity contribution in [3.05, 3.63) is 11.4 Å². The van der Waals surface area contributed by atoms with Gasteiger partial charge in [0, 0.05) is 25.6 Å². The van der Waals surface area contributed by atoms with Crippen LogP contribution in [-0.2, 0) is 11.2 Å². The van der Waals surface area contributed by atoms with Crippen LogP contribution >= 0.6 is 0 Å². The van der Waals surface area contributed by atoms with Gasteiger partial charge in [-0.3, -0.25) is 0 Å². The molecule has 2 heterocycles. The minimum Gasteiger partial charge on any atom is -0.374 e. The van der Waals surface area contributed by atoms with E-state index >= 15 is 0 Å². The van der Waals surface area contributed by atoms with Crippen LogP contribution in [0.25, 0.3) is 0 Å². The van der Waals surface area contributed by atoms with Crippen LogP contribution in [0.1, 0.15) is 44.0 Å². The van der Waals surface area contributed by atoms with Gasteiger partial charge < -0.3 is 15.0 Å². The Kier molecular flexibility index (Phi) is 4.29. The van der Waals surface area contributed by atoms with Gasteiger partial charge in [0.05, 0.1) is 18.8 Å². The minimum atomic E-state index is 0.380. The van der Waals surface area contributed by atoms with Crippen LogP contribution in [0.4, 0.5) is 11.6 Å². The van der Waals surface area contributed by atoms with Gasteiger partial charge in [0.15, 0.2) is 0 Å². The highest BCUT2D eigenvalue weighted by molar-refractivity contribution is 5.59. The molecule has 1 aromatic rings. The van der Waals surface area contributed by atoms with E-state index < -0.39 is 0 Å². The van der Waals surface area contributed by atoms with Crippen LogP contribution in [0.15, 0.2) is 0 Å². The molecule has 1 saturated heterocycles. The van der Waals surface area contributed by atoms with Gasteiger partial charge in [-0.15, -0.1) is 0 Å². The summed E-state index contributed by atoms with van der Waals surface area (Å²) in [6.07, 6.45) is 6.23. The van der Waals surface area contributed by atoms with E-state index in [1.807, 2.05) is 7.05 Å². The fourth-order valence-corrected chi connectivity index (χ4v) is 3.59. The molecular weight excluding hydrogens is 264 g/mol. The van der Waals surface area contributed by atoms with Crippen molar-refractivity contribution in [2.24, 2.45) is 0 Å². The first-order chi connectivity index (χ1) is 10.2. The highest BCUT2D eigenvalue weighted by Gasteiger charge is 2.35. The lowest BCUT2D eigenvalue weighted by Crippen LogP contribution is -2.53. The number of nitrogens with zero attached hydrogens (tertiary/aromatic N) is 3. The predicted octanol–water partition coefficient (Wildman–Crippen LogP) is 2.54. The summed E-state index contributed by atoms with van der Waals surface area (Å²) in [5.41, 5.74) is 1.15. The average Bonchev–Trinajstić information content (AvgIpc) is 2.54. The molecule has 0 spiro atoms. The van der Waals surface area contributed by atoms with Crippen LogP contribution < -0.4 is 10.2 Å². The Morgan fingerprint density at radius 1 is 1.29 bits per heavy atom. The Hall–Kier alpha value is -1.36. The summed E-state index contributed by atoms with van der Waals surface area (Å²) in [6, 6.07) is 0.482. The first kappa shape index (κ1) is 14.6. The molecule has 116 valence electrons. The van der Waals surface area contributed by atoms with Crippen LogP contribution in [0, 0.1) is 6.92 Å². The standard InChI is InChI=1S/C16H26N4O/c1-4-14-18-15(17-3)11(2)16(19-14)20-9-10-21-13-8-6-5-7-12(13)20/h12-13H,4-10H2,1-3H3,(H,17,18,19). The third-order valence-electron chi connectivity index (χ3n) is 4.72. The fraction of sp³-hybridized carbons (Fsp3) is 0.750. The average molecular weight is 290 g/mol. The molecule has 2 fully saturated rings. The van der Waals surface area contributed by atoms with E-state index in [1.165, 1.54) is 25.7 Å². The molecular formula is C16H26N4O. The van der Waals surface area contributed by atoms with Crippen LogP contribution in [-0.4, -0.2) is 42.3 Å². The van der Waals surface area contributed by atoms with E-state index in [-0.39, 0.29) is 0 Å². The maximum absolute atomic E-state index is 5.99. The SMILES string of the molecule is CCc1nc(NC)c(C)c(N2CCOC3CCCCC32)n1. The molecule has 1 N–H and O–H groups in total. The third-order valence-corrected chi connectivity index (χ3v) is 4.72. The Balaban J connectivity index is 1.97. The Morgan fingerprint density at radius 2 is 2.10 bits per heavy atom. The van der Waals surface area contributed by atoms with E-state index in [9.17, 15) is 0 Å². The van der Waals surface area contributed by atoms with Gasteiger partial charge in [-0.05, 0) is 19.8 Å². The molecule has 1 saturated carbocycles. The highest BCUT2D eigenvalue weighted by Crippen LogP contribution is 2.34. The first-order valence-corrected chi connectivity index (χ1v) is 8.18. The van der Waals surface area contributed by atoms with Crippen molar-refractivity contribution < 1.29 is 4.74 Å². The summed E-state index contributed by atoms with van der Waals surface area (Å²) in [5, 5.41) is 3.21. The quantitative estimate of drug-likeness (QED) is 0.927. The van der Waals surface area contributed by atoms with Crippen LogP contribution in [0.5, 0.6) is 0 Å². The highest BCUT2D eigenvalue weighted by atomic mass is 16.5. The van der Waals surface area contributed by atoms with Gasteiger partial charge in [-0.1, -0.05) is 19.8 Å². The topological polar surface area (TPSA) is 50.3 Å². The van der Waals surface area contributed by atoms with Gasteiger partial charge in [0.2, 0.25) is 0 Å². The van der Waals surface area contributed by atoms with Crippen LogP contribution in [0.3, 0.4) is 0 Å². The summed E-state index contributed by atoms with van der Waals surface area (Å²) in [6.45, 7) is 5.97. The van der Waals surface area contributed by atoms with Gasteiger partial charge in [-0.2, -0.15) is 0 Å². The molecule has 0 aromatic carbocycles. The molecule has 1 aliphatic heterocycles. The van der Waals surface area contributed by atoms with Crippen molar-refractivity contribution >= 4 is 11.6 Å². The third kappa shape index (κ3) is 2.71. The number of anilines is 2. The molecule has 2 atom stereocenters. The second-order valence-corrected chi connectivity index (χ2v) is 6.00. The van der Waals surface area contributed by atoms with Gasteiger partial charge in [-0.25, -0.2) is 9.97 Å². The molecule has 1 aromatic heterocycles. The van der Waals surface area contributed by atoms with E-state index in [4.69, 9.17) is 9.72 Å². The van der Waals surface area contributed by atoms with Crippen molar-refractivity contribution in [2.75, 3.05) is 30.4 Å². The largest absolute Gasteiger partial charge is 0.374 e. The second kappa shape index (κ2) is 6.18. The summed E-state index contributed by atoms with van der Waals surface area (Å²) in [5.74, 6) is 2.97. The molecule has 2 unspecified atom stereocenters. The van der Waals surface area contributed by atoms with E-state index in [1.54, 1.807) is 0 Å². The molecule has 5 heteroatoms. The van der Waals surface area contributed by atoms with Crippen molar-refractivity contribution in [3.63, 3.8) is 0 Å². The fourth-order valence-electron chi connectivity index (χ4n) is 3.59. The van der Waals surface area contributed by atoms with Crippen molar-refractivity contribution in [1.82, 2.24) is 9.97 Å². The number of rotatable bonds is 3. The molecule has 21 heavy (non-hydrogen) atoms. The molecule has 0 amide bonds. The predicted molar refractivity (Wildman–Crippen MR) is 85.0 cm³/mol. The van der Waals surface area contributed by atoms with Crippen molar-refractivity contribution in [3.8, 4) is 0 Å². The second-order valence-electron chi connectivity index (χ2n) is 6.00. The number of hydrogen-bond acceptors (Lipinski definition) is 5. The number of ether oxygens (including phenoxy) is 1.